The van der Waals surface area contributed by atoms with Gasteiger partial charge in [0.05, 0.1) is 34.4 Å². The molecule has 20 heavy (non-hydrogen) atoms. The van der Waals surface area contributed by atoms with Crippen molar-refractivity contribution in [2.24, 2.45) is 0 Å². The molecule has 2 aromatic heterocycles. The summed E-state index contributed by atoms with van der Waals surface area (Å²) in [6.45, 7) is 0.801. The molecule has 0 amide bonds. The largest absolute Gasteiger partial charge is 0.383 e. The molecule has 0 atom stereocenters. The number of halogens is 3. The number of ether oxygens (including phenoxy) is 1. The minimum Gasteiger partial charge on any atom is -0.383 e. The highest BCUT2D eigenvalue weighted by atomic mass is 35.5. The fourth-order valence-electron chi connectivity index (χ4n) is 1.63. The Labute approximate surface area is 130 Å². The van der Waals surface area contributed by atoms with Crippen molar-refractivity contribution in [2.75, 3.05) is 13.7 Å². The molecular weight excluding hydrogens is 325 g/mol. The summed E-state index contributed by atoms with van der Waals surface area (Å²) in [5.74, 6) is -0.412. The Hall–Kier alpha value is -1.14. The molecular formula is C12H10Cl3N3O2. The summed E-state index contributed by atoms with van der Waals surface area (Å²) in [4.78, 5) is 16.4. The quantitative estimate of drug-likeness (QED) is 0.788. The van der Waals surface area contributed by atoms with Crippen LogP contribution in [0.25, 0.3) is 0 Å². The number of nitrogens with zero attached hydrogens (tertiary/aromatic N) is 3. The van der Waals surface area contributed by atoms with Crippen molar-refractivity contribution in [3.8, 4) is 0 Å². The van der Waals surface area contributed by atoms with Crippen LogP contribution in [0.1, 0.15) is 16.2 Å². The zero-order valence-corrected chi connectivity index (χ0v) is 12.7. The smallest absolute Gasteiger partial charge is 0.232 e. The van der Waals surface area contributed by atoms with Gasteiger partial charge in [-0.05, 0) is 6.07 Å². The lowest BCUT2D eigenvalue weighted by molar-refractivity contribution is 0.102. The van der Waals surface area contributed by atoms with Gasteiger partial charge in [-0.2, -0.15) is 5.10 Å². The molecule has 0 N–H and O–H groups in total. The normalized spacial score (nSPS) is 10.8. The van der Waals surface area contributed by atoms with E-state index < -0.39 is 5.78 Å². The van der Waals surface area contributed by atoms with E-state index in [9.17, 15) is 4.79 Å². The third-order valence-electron chi connectivity index (χ3n) is 2.54. The van der Waals surface area contributed by atoms with Crippen molar-refractivity contribution in [2.45, 2.75) is 6.54 Å². The minimum absolute atomic E-state index is 0.0807. The summed E-state index contributed by atoms with van der Waals surface area (Å²) in [6, 6.07) is 1.45. The van der Waals surface area contributed by atoms with Gasteiger partial charge < -0.3 is 4.74 Å². The summed E-state index contributed by atoms with van der Waals surface area (Å²) >= 11 is 17.8. The fraction of sp³-hybridized carbons (Fsp3) is 0.250. The van der Waals surface area contributed by atoms with Crippen molar-refractivity contribution in [3.63, 3.8) is 0 Å². The Bertz CT molecular complexity index is 643. The lowest BCUT2D eigenvalue weighted by Gasteiger charge is -2.07. The molecule has 106 valence electrons. The van der Waals surface area contributed by atoms with Crippen molar-refractivity contribution in [1.82, 2.24) is 14.8 Å². The topological polar surface area (TPSA) is 57.0 Å². The van der Waals surface area contributed by atoms with Gasteiger partial charge in [-0.1, -0.05) is 34.8 Å². The maximum atomic E-state index is 12.5. The van der Waals surface area contributed by atoms with E-state index in [0.717, 1.165) is 0 Å². The van der Waals surface area contributed by atoms with Gasteiger partial charge in [-0.25, -0.2) is 4.98 Å². The van der Waals surface area contributed by atoms with Crippen LogP contribution in [0.15, 0.2) is 18.5 Å². The Morgan fingerprint density at radius 2 is 2.05 bits per heavy atom. The second-order valence-electron chi connectivity index (χ2n) is 3.87. The first-order chi connectivity index (χ1) is 9.54. The molecule has 0 saturated carbocycles. The fourth-order valence-corrected chi connectivity index (χ4v) is 2.32. The lowest BCUT2D eigenvalue weighted by Crippen LogP contribution is -2.16. The van der Waals surface area contributed by atoms with Crippen molar-refractivity contribution >= 4 is 40.6 Å². The van der Waals surface area contributed by atoms with E-state index in [0.29, 0.717) is 18.2 Å². The molecule has 0 unspecified atom stereocenters. The molecule has 0 aliphatic rings. The molecule has 0 spiro atoms. The van der Waals surface area contributed by atoms with Gasteiger partial charge in [0, 0.05) is 13.3 Å². The van der Waals surface area contributed by atoms with Crippen LogP contribution >= 0.6 is 34.8 Å². The van der Waals surface area contributed by atoms with Crippen LogP contribution in [0.5, 0.6) is 0 Å². The zero-order valence-electron chi connectivity index (χ0n) is 10.4. The van der Waals surface area contributed by atoms with Crippen LogP contribution in [0.3, 0.4) is 0 Å². The molecule has 0 aliphatic heterocycles. The molecule has 8 heteroatoms. The second-order valence-corrected chi connectivity index (χ2v) is 5.12. The highest BCUT2D eigenvalue weighted by Crippen LogP contribution is 2.24. The van der Waals surface area contributed by atoms with Gasteiger partial charge in [0.1, 0.15) is 11.4 Å². The van der Waals surface area contributed by atoms with Crippen LogP contribution < -0.4 is 0 Å². The summed E-state index contributed by atoms with van der Waals surface area (Å²) in [7, 11) is 1.56. The molecule has 0 aliphatic carbocycles. The maximum absolute atomic E-state index is 12.5. The highest BCUT2D eigenvalue weighted by molar-refractivity contribution is 6.38. The Morgan fingerprint density at radius 3 is 2.70 bits per heavy atom. The van der Waals surface area contributed by atoms with Crippen LogP contribution in [0.4, 0.5) is 0 Å². The number of pyridine rings is 1. The highest BCUT2D eigenvalue weighted by Gasteiger charge is 2.22. The SMILES string of the molecule is COCCn1ncc(Cl)c1C(=O)c1ncc(Cl)cc1Cl. The first-order valence-electron chi connectivity index (χ1n) is 5.60. The van der Waals surface area contributed by atoms with Gasteiger partial charge in [0.2, 0.25) is 5.78 Å². The van der Waals surface area contributed by atoms with Crippen molar-refractivity contribution in [1.29, 1.82) is 0 Å². The van der Waals surface area contributed by atoms with E-state index >= 15 is 0 Å². The minimum atomic E-state index is -0.412. The number of methoxy groups -OCH3 is 1. The van der Waals surface area contributed by atoms with Crippen LogP contribution in [0, 0.1) is 0 Å². The summed E-state index contributed by atoms with van der Waals surface area (Å²) in [6.07, 6.45) is 2.75. The predicted octanol–water partition coefficient (Wildman–Crippen LogP) is 3.12. The molecule has 5 nitrogen and oxygen atoms in total. The van der Waals surface area contributed by atoms with E-state index in [4.69, 9.17) is 39.5 Å². The average molecular weight is 335 g/mol. The first kappa shape index (κ1) is 15.3. The van der Waals surface area contributed by atoms with Gasteiger partial charge in [0.15, 0.2) is 0 Å². The van der Waals surface area contributed by atoms with Crippen molar-refractivity contribution < 1.29 is 9.53 Å². The molecule has 0 radical (unpaired) electrons. The number of rotatable bonds is 5. The number of hydrogen-bond donors (Lipinski definition) is 0. The van der Waals surface area contributed by atoms with Crippen LogP contribution in [0.2, 0.25) is 15.1 Å². The predicted molar refractivity (Wildman–Crippen MR) is 76.8 cm³/mol. The zero-order chi connectivity index (χ0) is 14.7. The van der Waals surface area contributed by atoms with E-state index in [1.807, 2.05) is 0 Å². The van der Waals surface area contributed by atoms with Crippen LogP contribution in [-0.4, -0.2) is 34.3 Å². The maximum Gasteiger partial charge on any atom is 0.232 e. The summed E-state index contributed by atoms with van der Waals surface area (Å²) in [5.41, 5.74) is 0.303. The monoisotopic (exact) mass is 333 g/mol. The van der Waals surface area contributed by atoms with E-state index in [1.54, 1.807) is 7.11 Å². The third kappa shape index (κ3) is 3.12. The second kappa shape index (κ2) is 6.54. The number of carbonyl (C=O) groups excluding carboxylic acids is 1. The van der Waals surface area contributed by atoms with E-state index in [1.165, 1.54) is 23.1 Å². The molecule has 2 aromatic rings. The molecule has 0 bridgehead atoms. The number of hydrogen-bond acceptors (Lipinski definition) is 4. The van der Waals surface area contributed by atoms with Gasteiger partial charge in [-0.3, -0.25) is 9.48 Å². The average Bonchev–Trinajstić information content (AvgIpc) is 2.77. The molecule has 2 heterocycles. The lowest BCUT2D eigenvalue weighted by atomic mass is 10.2. The van der Waals surface area contributed by atoms with Gasteiger partial charge in [-0.15, -0.1) is 0 Å². The van der Waals surface area contributed by atoms with Crippen molar-refractivity contribution in [3.05, 3.63) is 44.9 Å². The Balaban J connectivity index is 2.40. The third-order valence-corrected chi connectivity index (χ3v) is 3.31. The van der Waals surface area contributed by atoms with E-state index in [-0.39, 0.29) is 21.4 Å². The summed E-state index contributed by atoms with van der Waals surface area (Å²) < 4.78 is 6.42. The Morgan fingerprint density at radius 1 is 1.30 bits per heavy atom. The molecule has 0 saturated heterocycles. The number of ketones is 1. The van der Waals surface area contributed by atoms with E-state index in [2.05, 4.69) is 10.1 Å². The molecule has 0 aromatic carbocycles. The Kier molecular flexibility index (Phi) is 4.99. The molecule has 2 rings (SSSR count). The number of carbonyl (C=O) groups is 1. The van der Waals surface area contributed by atoms with Crippen LogP contribution in [-0.2, 0) is 11.3 Å². The number of aromatic nitrogens is 3. The van der Waals surface area contributed by atoms with Gasteiger partial charge >= 0.3 is 0 Å². The standard InChI is InChI=1S/C12H10Cl3N3O2/c1-20-3-2-18-11(9(15)6-17-18)12(19)10-8(14)4-7(13)5-16-10/h4-6H,2-3H2,1H3. The van der Waals surface area contributed by atoms with Gasteiger partial charge in [0.25, 0.3) is 0 Å². The first-order valence-corrected chi connectivity index (χ1v) is 6.74. The molecule has 0 fully saturated rings. The summed E-state index contributed by atoms with van der Waals surface area (Å²) in [5, 5.41) is 4.79.